The summed E-state index contributed by atoms with van der Waals surface area (Å²) >= 11 is 0. The summed E-state index contributed by atoms with van der Waals surface area (Å²) in [5.41, 5.74) is 2.54. The first kappa shape index (κ1) is 13.1. The van der Waals surface area contributed by atoms with E-state index in [9.17, 15) is 4.79 Å². The van der Waals surface area contributed by atoms with E-state index in [4.69, 9.17) is 0 Å². The van der Waals surface area contributed by atoms with Crippen LogP contribution in [0.15, 0.2) is 61.1 Å². The van der Waals surface area contributed by atoms with Crippen LogP contribution in [-0.4, -0.2) is 20.7 Å². The number of nitrogens with one attached hydrogen (secondary N) is 1. The highest BCUT2D eigenvalue weighted by Gasteiger charge is 2.07. The molecule has 5 nitrogen and oxygen atoms in total. The lowest BCUT2D eigenvalue weighted by atomic mass is 10.2. The van der Waals surface area contributed by atoms with Crippen LogP contribution in [0.3, 0.4) is 0 Å². The van der Waals surface area contributed by atoms with Crippen molar-refractivity contribution >= 4 is 11.7 Å². The summed E-state index contributed by atoms with van der Waals surface area (Å²) in [6.07, 6.45) is 5.28. The second-order valence-corrected chi connectivity index (χ2v) is 4.67. The number of amides is 1. The van der Waals surface area contributed by atoms with Crippen molar-refractivity contribution in [3.63, 3.8) is 0 Å². The van der Waals surface area contributed by atoms with Gasteiger partial charge in [0.05, 0.1) is 5.69 Å². The molecule has 0 saturated heterocycles. The second-order valence-electron chi connectivity index (χ2n) is 4.67. The molecular weight excluding hydrogens is 264 g/mol. The van der Waals surface area contributed by atoms with Crippen LogP contribution in [0.5, 0.6) is 0 Å². The minimum absolute atomic E-state index is 0.182. The van der Waals surface area contributed by atoms with Gasteiger partial charge in [-0.15, -0.1) is 0 Å². The topological polar surface area (TPSA) is 59.8 Å². The summed E-state index contributed by atoms with van der Waals surface area (Å²) in [6.45, 7) is 1.95. The van der Waals surface area contributed by atoms with Crippen molar-refractivity contribution in [2.75, 3.05) is 5.32 Å². The number of hydrogen-bond acceptors (Lipinski definition) is 3. The average molecular weight is 278 g/mol. The molecule has 2 heterocycles. The SMILES string of the molecule is Cc1ccc(NC(=O)c2ccc(-n3cccn3)cc2)nc1. The Morgan fingerprint density at radius 1 is 1.14 bits per heavy atom. The summed E-state index contributed by atoms with van der Waals surface area (Å²) in [5, 5.41) is 6.91. The third-order valence-corrected chi connectivity index (χ3v) is 3.05. The van der Waals surface area contributed by atoms with Gasteiger partial charge in [-0.3, -0.25) is 4.79 Å². The van der Waals surface area contributed by atoms with Crippen molar-refractivity contribution in [1.82, 2.24) is 14.8 Å². The number of hydrogen-bond donors (Lipinski definition) is 1. The molecule has 0 aliphatic heterocycles. The van der Waals surface area contributed by atoms with Gasteiger partial charge in [0, 0.05) is 24.2 Å². The highest BCUT2D eigenvalue weighted by Crippen LogP contribution is 2.11. The summed E-state index contributed by atoms with van der Waals surface area (Å²) < 4.78 is 1.74. The van der Waals surface area contributed by atoms with Crippen molar-refractivity contribution in [3.05, 3.63) is 72.2 Å². The van der Waals surface area contributed by atoms with Crippen LogP contribution in [0.2, 0.25) is 0 Å². The molecule has 2 aromatic heterocycles. The molecule has 1 amide bonds. The van der Waals surface area contributed by atoms with Gasteiger partial charge in [0.2, 0.25) is 0 Å². The zero-order valence-corrected chi connectivity index (χ0v) is 11.5. The van der Waals surface area contributed by atoms with Crippen LogP contribution in [0, 0.1) is 6.92 Å². The Morgan fingerprint density at radius 2 is 1.95 bits per heavy atom. The predicted molar refractivity (Wildman–Crippen MR) is 80.5 cm³/mol. The van der Waals surface area contributed by atoms with E-state index in [1.54, 1.807) is 35.3 Å². The van der Waals surface area contributed by atoms with Gasteiger partial charge in [0.1, 0.15) is 5.82 Å². The lowest BCUT2D eigenvalue weighted by Gasteiger charge is -2.06. The maximum absolute atomic E-state index is 12.1. The number of anilines is 1. The molecule has 0 aliphatic carbocycles. The number of rotatable bonds is 3. The average Bonchev–Trinajstić information content (AvgIpc) is 3.04. The normalized spacial score (nSPS) is 10.3. The van der Waals surface area contributed by atoms with Crippen LogP contribution < -0.4 is 5.32 Å². The second kappa shape index (κ2) is 5.58. The minimum atomic E-state index is -0.182. The standard InChI is InChI=1S/C16H14N4O/c1-12-3-8-15(17-11-12)19-16(21)13-4-6-14(7-5-13)20-10-2-9-18-20/h2-11H,1H3,(H,17,19,21). The van der Waals surface area contributed by atoms with Crippen molar-refractivity contribution in [1.29, 1.82) is 0 Å². The number of carbonyl (C=O) groups excluding carboxylic acids is 1. The Labute approximate surface area is 122 Å². The smallest absolute Gasteiger partial charge is 0.256 e. The lowest BCUT2D eigenvalue weighted by molar-refractivity contribution is 0.102. The molecule has 104 valence electrons. The molecule has 0 spiro atoms. The van der Waals surface area contributed by atoms with Gasteiger partial charge < -0.3 is 5.32 Å². The molecule has 1 N–H and O–H groups in total. The third-order valence-electron chi connectivity index (χ3n) is 3.05. The molecule has 0 atom stereocenters. The Kier molecular flexibility index (Phi) is 3.47. The lowest BCUT2D eigenvalue weighted by Crippen LogP contribution is -2.13. The van der Waals surface area contributed by atoms with Crippen LogP contribution in [0.25, 0.3) is 5.69 Å². The van der Waals surface area contributed by atoms with E-state index in [-0.39, 0.29) is 5.91 Å². The molecule has 0 aliphatic rings. The maximum Gasteiger partial charge on any atom is 0.256 e. The molecule has 3 aromatic rings. The van der Waals surface area contributed by atoms with Gasteiger partial charge in [-0.05, 0) is 48.9 Å². The summed E-state index contributed by atoms with van der Waals surface area (Å²) in [6, 6.07) is 12.8. The first-order valence-corrected chi connectivity index (χ1v) is 6.56. The molecule has 1 aromatic carbocycles. The molecular formula is C16H14N4O. The molecule has 0 saturated carbocycles. The van der Waals surface area contributed by atoms with Crippen LogP contribution >= 0.6 is 0 Å². The first-order valence-electron chi connectivity index (χ1n) is 6.56. The van der Waals surface area contributed by atoms with E-state index in [1.165, 1.54) is 0 Å². The predicted octanol–water partition coefficient (Wildman–Crippen LogP) is 2.83. The number of benzene rings is 1. The number of carbonyl (C=O) groups is 1. The maximum atomic E-state index is 12.1. The zero-order chi connectivity index (χ0) is 14.7. The molecule has 0 unspecified atom stereocenters. The fraction of sp³-hybridized carbons (Fsp3) is 0.0625. The molecule has 5 heteroatoms. The molecule has 0 bridgehead atoms. The number of aryl methyl sites for hydroxylation is 1. The van der Waals surface area contributed by atoms with Crippen LogP contribution in [0.4, 0.5) is 5.82 Å². The van der Waals surface area contributed by atoms with E-state index < -0.39 is 0 Å². The van der Waals surface area contributed by atoms with Crippen molar-refractivity contribution in [3.8, 4) is 5.69 Å². The zero-order valence-electron chi connectivity index (χ0n) is 11.5. The highest BCUT2D eigenvalue weighted by molar-refractivity contribution is 6.03. The fourth-order valence-electron chi connectivity index (χ4n) is 1.92. The molecule has 0 fully saturated rings. The largest absolute Gasteiger partial charge is 0.307 e. The van der Waals surface area contributed by atoms with Gasteiger partial charge in [-0.2, -0.15) is 5.10 Å². The van der Waals surface area contributed by atoms with E-state index in [0.717, 1.165) is 11.3 Å². The van der Waals surface area contributed by atoms with Gasteiger partial charge >= 0.3 is 0 Å². The van der Waals surface area contributed by atoms with Gasteiger partial charge in [0.15, 0.2) is 0 Å². The quantitative estimate of drug-likeness (QED) is 0.801. The fourth-order valence-corrected chi connectivity index (χ4v) is 1.92. The Hall–Kier alpha value is -2.95. The van der Waals surface area contributed by atoms with Crippen molar-refractivity contribution in [2.45, 2.75) is 6.92 Å². The van der Waals surface area contributed by atoms with Gasteiger partial charge in [0.25, 0.3) is 5.91 Å². The summed E-state index contributed by atoms with van der Waals surface area (Å²) in [5.74, 6) is 0.361. The Morgan fingerprint density at radius 3 is 2.57 bits per heavy atom. The number of nitrogens with zero attached hydrogens (tertiary/aromatic N) is 3. The van der Waals surface area contributed by atoms with Crippen LogP contribution in [0.1, 0.15) is 15.9 Å². The van der Waals surface area contributed by atoms with Crippen LogP contribution in [-0.2, 0) is 0 Å². The summed E-state index contributed by atoms with van der Waals surface area (Å²) in [4.78, 5) is 16.3. The Balaban J connectivity index is 1.74. The van der Waals surface area contributed by atoms with E-state index in [2.05, 4.69) is 15.4 Å². The van der Waals surface area contributed by atoms with E-state index >= 15 is 0 Å². The van der Waals surface area contributed by atoms with Crippen molar-refractivity contribution in [2.24, 2.45) is 0 Å². The van der Waals surface area contributed by atoms with Gasteiger partial charge in [-0.1, -0.05) is 6.07 Å². The monoisotopic (exact) mass is 278 g/mol. The molecule has 0 radical (unpaired) electrons. The molecule has 21 heavy (non-hydrogen) atoms. The van der Waals surface area contributed by atoms with Gasteiger partial charge in [-0.25, -0.2) is 9.67 Å². The first-order chi connectivity index (χ1) is 10.2. The highest BCUT2D eigenvalue weighted by atomic mass is 16.1. The van der Waals surface area contributed by atoms with E-state index in [1.807, 2.05) is 37.4 Å². The number of pyridine rings is 1. The molecule has 3 rings (SSSR count). The summed E-state index contributed by atoms with van der Waals surface area (Å²) in [7, 11) is 0. The Bertz CT molecular complexity index is 731. The van der Waals surface area contributed by atoms with Crippen molar-refractivity contribution < 1.29 is 4.79 Å². The third kappa shape index (κ3) is 2.97. The number of aromatic nitrogens is 3. The minimum Gasteiger partial charge on any atom is -0.307 e. The van der Waals surface area contributed by atoms with E-state index in [0.29, 0.717) is 11.4 Å².